The number of rotatable bonds is 6. The summed E-state index contributed by atoms with van der Waals surface area (Å²) in [5.74, 6) is -1.79. The van der Waals surface area contributed by atoms with Gasteiger partial charge in [-0.2, -0.15) is 0 Å². The normalized spacial score (nSPS) is 11.8. The molecule has 0 amide bonds. The second kappa shape index (κ2) is 8.98. The Kier molecular flexibility index (Phi) is 6.41. The number of aromatic nitrogens is 1. The second-order valence-corrected chi connectivity index (χ2v) is 6.70. The fourth-order valence-corrected chi connectivity index (χ4v) is 2.85. The van der Waals surface area contributed by atoms with E-state index < -0.39 is 23.6 Å². The average Bonchev–Trinajstić information content (AvgIpc) is 2.69. The summed E-state index contributed by atoms with van der Waals surface area (Å²) in [4.78, 5) is 16.1. The molecular weight excluding hydrogens is 400 g/mol. The Balaban J connectivity index is 1.93. The molecule has 1 heterocycles. The summed E-state index contributed by atoms with van der Waals surface area (Å²) in [5.41, 5.74) is 6.87. The highest BCUT2D eigenvalue weighted by Crippen LogP contribution is 2.30. The zero-order chi connectivity index (χ0) is 21.0. The van der Waals surface area contributed by atoms with Gasteiger partial charge < -0.3 is 15.8 Å². The number of nitrogens with two attached hydrogens (primary N) is 1. The van der Waals surface area contributed by atoms with Gasteiger partial charge in [0.05, 0.1) is 5.69 Å². The number of hydrogen-bond donors (Lipinski definition) is 2. The summed E-state index contributed by atoms with van der Waals surface area (Å²) >= 11 is 6.29. The van der Waals surface area contributed by atoms with Crippen LogP contribution in [0.2, 0.25) is 5.02 Å². The van der Waals surface area contributed by atoms with E-state index in [1.165, 1.54) is 13.0 Å². The number of benzene rings is 2. The maximum atomic E-state index is 13.9. The smallest absolute Gasteiger partial charge is 0.322 e. The van der Waals surface area contributed by atoms with Crippen LogP contribution in [0, 0.1) is 11.6 Å². The van der Waals surface area contributed by atoms with Crippen molar-refractivity contribution >= 4 is 29.1 Å². The number of nitrogens with one attached hydrogen (secondary N) is 1. The van der Waals surface area contributed by atoms with Crippen molar-refractivity contribution in [3.05, 3.63) is 76.8 Å². The van der Waals surface area contributed by atoms with Crippen LogP contribution in [0.1, 0.15) is 12.5 Å². The van der Waals surface area contributed by atoms with Crippen LogP contribution < -0.4 is 11.1 Å². The lowest BCUT2D eigenvalue weighted by Gasteiger charge is -2.14. The summed E-state index contributed by atoms with van der Waals surface area (Å²) in [5, 5.41) is 3.04. The van der Waals surface area contributed by atoms with Crippen molar-refractivity contribution in [2.24, 2.45) is 5.73 Å². The number of carbonyl (C=O) groups is 1. The average molecular weight is 418 g/mol. The summed E-state index contributed by atoms with van der Waals surface area (Å²) in [7, 11) is 0. The number of halogens is 3. The lowest BCUT2D eigenvalue weighted by molar-refractivity contribution is -0.146. The van der Waals surface area contributed by atoms with Gasteiger partial charge in [0.2, 0.25) is 0 Å². The fourth-order valence-electron chi connectivity index (χ4n) is 2.62. The minimum atomic E-state index is -0.762. The third-order valence-corrected chi connectivity index (χ3v) is 4.44. The van der Waals surface area contributed by atoms with E-state index in [2.05, 4.69) is 10.3 Å². The quantitative estimate of drug-likeness (QED) is 0.562. The van der Waals surface area contributed by atoms with Crippen molar-refractivity contribution in [3.8, 4) is 11.3 Å². The molecule has 0 fully saturated rings. The van der Waals surface area contributed by atoms with Crippen molar-refractivity contribution in [2.75, 3.05) is 5.32 Å². The number of carbonyl (C=O) groups excluding carboxylic acids is 1. The molecule has 3 rings (SSSR count). The molecule has 29 heavy (non-hydrogen) atoms. The Labute approximate surface area is 171 Å². The Morgan fingerprint density at radius 1 is 1.14 bits per heavy atom. The van der Waals surface area contributed by atoms with Gasteiger partial charge in [-0.1, -0.05) is 35.9 Å². The number of hydrogen-bond acceptors (Lipinski definition) is 5. The monoisotopic (exact) mass is 417 g/mol. The van der Waals surface area contributed by atoms with E-state index in [1.807, 2.05) is 0 Å². The van der Waals surface area contributed by atoms with Crippen molar-refractivity contribution in [3.63, 3.8) is 0 Å². The van der Waals surface area contributed by atoms with E-state index in [0.717, 1.165) is 12.1 Å². The predicted octanol–water partition coefficient (Wildman–Crippen LogP) is 4.81. The maximum Gasteiger partial charge on any atom is 0.322 e. The molecule has 1 atom stereocenters. The van der Waals surface area contributed by atoms with Crippen molar-refractivity contribution in [1.29, 1.82) is 0 Å². The van der Waals surface area contributed by atoms with Gasteiger partial charge in [-0.25, -0.2) is 13.8 Å². The third-order valence-electron chi connectivity index (χ3n) is 4.09. The molecule has 0 aliphatic rings. The lowest BCUT2D eigenvalue weighted by atomic mass is 10.0. The first-order valence-electron chi connectivity index (χ1n) is 8.75. The van der Waals surface area contributed by atoms with Gasteiger partial charge in [0.1, 0.15) is 35.8 Å². The molecule has 0 bridgehead atoms. The van der Waals surface area contributed by atoms with E-state index >= 15 is 0 Å². The van der Waals surface area contributed by atoms with Crippen LogP contribution in [0.5, 0.6) is 0 Å². The Hall–Kier alpha value is -3.03. The van der Waals surface area contributed by atoms with Gasteiger partial charge in [0.15, 0.2) is 0 Å². The molecule has 3 N–H and O–H groups in total. The van der Waals surface area contributed by atoms with Crippen LogP contribution in [0.4, 0.5) is 20.3 Å². The van der Waals surface area contributed by atoms with E-state index in [-0.39, 0.29) is 18.1 Å². The molecule has 0 radical (unpaired) electrons. The summed E-state index contributed by atoms with van der Waals surface area (Å²) < 4.78 is 33.0. The summed E-state index contributed by atoms with van der Waals surface area (Å²) in [6.07, 6.45) is 0. The first-order chi connectivity index (χ1) is 13.9. The lowest BCUT2D eigenvalue weighted by Crippen LogP contribution is -2.28. The first kappa shape index (κ1) is 20.7. The Morgan fingerprint density at radius 3 is 2.48 bits per heavy atom. The Bertz CT molecular complexity index is 1020. The molecule has 0 saturated heterocycles. The number of ether oxygens (including phenoxy) is 1. The molecule has 1 aromatic heterocycles. The van der Waals surface area contributed by atoms with Crippen molar-refractivity contribution in [2.45, 2.75) is 19.6 Å². The van der Waals surface area contributed by atoms with E-state index in [4.69, 9.17) is 22.1 Å². The van der Waals surface area contributed by atoms with Gasteiger partial charge >= 0.3 is 5.97 Å². The molecule has 0 aliphatic carbocycles. The maximum absolute atomic E-state index is 13.9. The Morgan fingerprint density at radius 2 is 1.79 bits per heavy atom. The highest BCUT2D eigenvalue weighted by atomic mass is 35.5. The molecule has 8 heteroatoms. The standard InChI is InChI=1S/C21H18ClF2N3O2/c1-12(25)21(28)29-11-14-13(5-2-6-15(14)22)18-9-4-10-19(26-18)27-20-16(23)7-3-8-17(20)24/h2-10,12H,11,25H2,1H3,(H,26,27)/t12-/m0/s1. The predicted molar refractivity (Wildman–Crippen MR) is 108 cm³/mol. The first-order valence-corrected chi connectivity index (χ1v) is 9.12. The fraction of sp³-hybridized carbons (Fsp3) is 0.143. The van der Waals surface area contributed by atoms with Crippen LogP contribution in [0.25, 0.3) is 11.3 Å². The van der Waals surface area contributed by atoms with Crippen LogP contribution in [0.15, 0.2) is 54.6 Å². The number of nitrogens with zero attached hydrogens (tertiary/aromatic N) is 1. The third kappa shape index (κ3) is 4.88. The topological polar surface area (TPSA) is 77.2 Å². The van der Waals surface area contributed by atoms with Gasteiger partial charge in [0, 0.05) is 16.1 Å². The second-order valence-electron chi connectivity index (χ2n) is 6.29. The number of pyridine rings is 1. The molecule has 0 unspecified atom stereocenters. The highest BCUT2D eigenvalue weighted by molar-refractivity contribution is 6.31. The van der Waals surface area contributed by atoms with E-state index in [0.29, 0.717) is 21.8 Å². The van der Waals surface area contributed by atoms with Crippen LogP contribution in [-0.2, 0) is 16.1 Å². The van der Waals surface area contributed by atoms with Gasteiger partial charge in [-0.3, -0.25) is 4.79 Å². The van der Waals surface area contributed by atoms with E-state index in [1.54, 1.807) is 36.4 Å². The van der Waals surface area contributed by atoms with Gasteiger partial charge in [-0.05, 0) is 37.3 Å². The summed E-state index contributed by atoms with van der Waals surface area (Å²) in [6.45, 7) is 1.44. The molecule has 5 nitrogen and oxygen atoms in total. The molecule has 150 valence electrons. The van der Waals surface area contributed by atoms with Crippen molar-refractivity contribution < 1.29 is 18.3 Å². The summed E-state index contributed by atoms with van der Waals surface area (Å²) in [6, 6.07) is 12.9. The van der Waals surface area contributed by atoms with Gasteiger partial charge in [-0.15, -0.1) is 0 Å². The largest absolute Gasteiger partial charge is 0.460 e. The molecule has 3 aromatic rings. The number of para-hydroxylation sites is 1. The SMILES string of the molecule is C[C@H](N)C(=O)OCc1c(Cl)cccc1-c1cccc(Nc2c(F)cccc2F)n1. The highest BCUT2D eigenvalue weighted by Gasteiger charge is 2.16. The number of esters is 1. The van der Waals surface area contributed by atoms with Crippen molar-refractivity contribution in [1.82, 2.24) is 4.98 Å². The van der Waals surface area contributed by atoms with Crippen LogP contribution in [0.3, 0.4) is 0 Å². The van der Waals surface area contributed by atoms with Gasteiger partial charge in [0.25, 0.3) is 0 Å². The minimum Gasteiger partial charge on any atom is -0.460 e. The van der Waals surface area contributed by atoms with Crippen LogP contribution >= 0.6 is 11.6 Å². The molecule has 2 aromatic carbocycles. The molecule has 0 aliphatic heterocycles. The van der Waals surface area contributed by atoms with Crippen LogP contribution in [-0.4, -0.2) is 17.0 Å². The molecule has 0 spiro atoms. The van der Waals surface area contributed by atoms with E-state index in [9.17, 15) is 13.6 Å². The minimum absolute atomic E-state index is 0.0866. The number of anilines is 2. The molecule has 0 saturated carbocycles. The zero-order valence-corrected chi connectivity index (χ0v) is 16.2. The molecular formula is C21H18ClF2N3O2. The zero-order valence-electron chi connectivity index (χ0n) is 15.5.